The molecule has 0 saturated carbocycles. The lowest BCUT2D eigenvalue weighted by atomic mass is 9.96. The van der Waals surface area contributed by atoms with Gasteiger partial charge in [0, 0.05) is 36.0 Å². The number of piperidine rings is 1. The number of carbonyl (C=O) groups is 1. The molecule has 0 bridgehead atoms. The van der Waals surface area contributed by atoms with E-state index in [2.05, 4.69) is 5.32 Å². The van der Waals surface area contributed by atoms with Gasteiger partial charge in [0.05, 0.1) is 6.07 Å². The minimum atomic E-state index is -3.63. The summed E-state index contributed by atoms with van der Waals surface area (Å²) in [6, 6.07) is 12.4. The van der Waals surface area contributed by atoms with Crippen LogP contribution in [-0.4, -0.2) is 31.7 Å². The number of benzene rings is 2. The zero-order chi connectivity index (χ0) is 22.4. The van der Waals surface area contributed by atoms with Gasteiger partial charge in [-0.1, -0.05) is 36.4 Å². The Kier molecular flexibility index (Phi) is 7.15. The lowest BCUT2D eigenvalue weighted by Crippen LogP contribution is -2.43. The Labute approximate surface area is 179 Å². The normalized spacial score (nSPS) is 16.7. The first-order chi connectivity index (χ1) is 14.8. The summed E-state index contributed by atoms with van der Waals surface area (Å²) in [5.41, 5.74) is 0.638. The maximum Gasteiger partial charge on any atom is 0.236 e. The van der Waals surface area contributed by atoms with Crippen LogP contribution >= 0.6 is 0 Å². The highest BCUT2D eigenvalue weighted by molar-refractivity contribution is 7.92. The maximum absolute atomic E-state index is 13.9. The molecule has 3 rings (SSSR count). The predicted octanol–water partition coefficient (Wildman–Crippen LogP) is 3.36. The van der Waals surface area contributed by atoms with E-state index in [0.717, 1.165) is 23.1 Å². The van der Waals surface area contributed by atoms with Gasteiger partial charge in [-0.25, -0.2) is 17.2 Å². The smallest absolute Gasteiger partial charge is 0.236 e. The van der Waals surface area contributed by atoms with E-state index in [1.807, 2.05) is 18.2 Å². The second-order valence-electron chi connectivity index (χ2n) is 7.17. The van der Waals surface area contributed by atoms with Gasteiger partial charge in [0.2, 0.25) is 15.9 Å². The number of hydrogen-bond donors (Lipinski definition) is 1. The molecule has 1 aliphatic heterocycles. The van der Waals surface area contributed by atoms with Crippen molar-refractivity contribution in [1.82, 2.24) is 9.62 Å². The van der Waals surface area contributed by atoms with Gasteiger partial charge >= 0.3 is 0 Å². The van der Waals surface area contributed by atoms with Crippen molar-refractivity contribution >= 4 is 22.0 Å². The molecular formula is C22H21F2N3O3S. The van der Waals surface area contributed by atoms with Gasteiger partial charge in [0.1, 0.15) is 17.7 Å². The monoisotopic (exact) mass is 445 g/mol. The molecule has 162 valence electrons. The van der Waals surface area contributed by atoms with E-state index in [4.69, 9.17) is 0 Å². The highest BCUT2D eigenvalue weighted by atomic mass is 32.2. The van der Waals surface area contributed by atoms with E-state index in [1.54, 1.807) is 18.2 Å². The Morgan fingerprint density at radius 2 is 1.84 bits per heavy atom. The Balaban J connectivity index is 1.59. The first kappa shape index (κ1) is 22.6. The third-order valence-corrected chi connectivity index (χ3v) is 6.67. The lowest BCUT2D eigenvalue weighted by Gasteiger charge is -2.30. The fourth-order valence-electron chi connectivity index (χ4n) is 3.36. The fourth-order valence-corrected chi connectivity index (χ4v) is 4.58. The molecule has 2 aromatic rings. The van der Waals surface area contributed by atoms with Crippen LogP contribution in [0.1, 0.15) is 30.0 Å². The summed E-state index contributed by atoms with van der Waals surface area (Å²) in [4.78, 5) is 12.5. The average molecular weight is 445 g/mol. The molecule has 2 aromatic carbocycles. The summed E-state index contributed by atoms with van der Waals surface area (Å²) in [5.74, 6) is -2.67. The average Bonchev–Trinajstić information content (AvgIpc) is 2.77. The van der Waals surface area contributed by atoms with Gasteiger partial charge in [-0.2, -0.15) is 9.57 Å². The van der Waals surface area contributed by atoms with Crippen LogP contribution in [0.2, 0.25) is 0 Å². The third kappa shape index (κ3) is 5.75. The minimum Gasteiger partial charge on any atom is -0.336 e. The van der Waals surface area contributed by atoms with Crippen molar-refractivity contribution in [1.29, 1.82) is 5.26 Å². The fraction of sp³-hybridized carbons (Fsp3) is 0.273. The number of nitriles is 1. The Bertz CT molecular complexity index is 1110. The highest BCUT2D eigenvalue weighted by Crippen LogP contribution is 2.23. The number of halogens is 2. The third-order valence-electron chi connectivity index (χ3n) is 5.11. The summed E-state index contributed by atoms with van der Waals surface area (Å²) in [6.45, 7) is 0.309. The Morgan fingerprint density at radius 1 is 1.16 bits per heavy atom. The predicted molar refractivity (Wildman–Crippen MR) is 112 cm³/mol. The number of hydrogen-bond acceptors (Lipinski definition) is 4. The second kappa shape index (κ2) is 9.81. The van der Waals surface area contributed by atoms with Gasteiger partial charge in [-0.3, -0.25) is 4.79 Å². The van der Waals surface area contributed by atoms with Crippen molar-refractivity contribution in [2.75, 3.05) is 13.1 Å². The molecule has 1 unspecified atom stereocenters. The number of carbonyl (C=O) groups excluding carboxylic acids is 1. The number of nitrogens with one attached hydrogen (secondary N) is 1. The van der Waals surface area contributed by atoms with E-state index >= 15 is 0 Å². The minimum absolute atomic E-state index is 0.122. The molecule has 1 amide bonds. The second-order valence-corrected chi connectivity index (χ2v) is 8.99. The first-order valence-corrected chi connectivity index (χ1v) is 11.2. The summed E-state index contributed by atoms with van der Waals surface area (Å²) < 4.78 is 53.4. The van der Waals surface area contributed by atoms with Crippen molar-refractivity contribution in [3.8, 4) is 6.07 Å². The molecule has 1 heterocycles. The topological polar surface area (TPSA) is 90.3 Å². The van der Waals surface area contributed by atoms with Gasteiger partial charge in [-0.05, 0) is 30.5 Å². The summed E-state index contributed by atoms with van der Waals surface area (Å²) in [6.07, 6.45) is 2.06. The molecule has 9 heteroatoms. The van der Waals surface area contributed by atoms with Crippen LogP contribution in [0.3, 0.4) is 0 Å². The van der Waals surface area contributed by atoms with Gasteiger partial charge in [0.15, 0.2) is 0 Å². The molecule has 0 aromatic heterocycles. The van der Waals surface area contributed by atoms with Crippen LogP contribution in [0.4, 0.5) is 8.78 Å². The van der Waals surface area contributed by atoms with Gasteiger partial charge in [-0.15, -0.1) is 0 Å². The van der Waals surface area contributed by atoms with Crippen LogP contribution in [0, 0.1) is 28.9 Å². The number of rotatable bonds is 6. The quantitative estimate of drug-likeness (QED) is 0.738. The molecule has 0 radical (unpaired) electrons. The van der Waals surface area contributed by atoms with Crippen LogP contribution in [-0.2, 0) is 14.8 Å². The molecule has 1 saturated heterocycles. The van der Waals surface area contributed by atoms with Crippen LogP contribution in [0.25, 0.3) is 6.08 Å². The van der Waals surface area contributed by atoms with E-state index in [9.17, 15) is 27.3 Å². The van der Waals surface area contributed by atoms with Crippen molar-refractivity contribution in [2.45, 2.75) is 18.9 Å². The Hall–Kier alpha value is -3.09. The zero-order valence-corrected chi connectivity index (χ0v) is 17.4. The summed E-state index contributed by atoms with van der Waals surface area (Å²) in [7, 11) is -3.63. The van der Waals surface area contributed by atoms with Gasteiger partial charge in [0.25, 0.3) is 0 Å². The molecule has 0 spiro atoms. The van der Waals surface area contributed by atoms with E-state index < -0.39 is 39.5 Å². The van der Waals surface area contributed by atoms with Crippen molar-refractivity contribution < 1.29 is 22.0 Å². The number of nitrogens with zero attached hydrogens (tertiary/aromatic N) is 2. The van der Waals surface area contributed by atoms with E-state index in [-0.39, 0.29) is 31.5 Å². The first-order valence-electron chi connectivity index (χ1n) is 9.68. The standard InChI is InChI=1S/C22H21F2N3O3S/c23-18-6-7-19(20(24)14-18)21(15-25)26-22(28)17-8-11-27(12-9-17)31(29,30)13-10-16-4-2-1-3-5-16/h1-7,10,13-14,17,21H,8-9,11-12H2,(H,26,28)/b13-10+. The molecule has 1 fully saturated rings. The highest BCUT2D eigenvalue weighted by Gasteiger charge is 2.31. The largest absolute Gasteiger partial charge is 0.336 e. The number of sulfonamides is 1. The summed E-state index contributed by atoms with van der Waals surface area (Å²) in [5, 5.41) is 12.9. The van der Waals surface area contributed by atoms with E-state index in [0.29, 0.717) is 6.07 Å². The summed E-state index contributed by atoms with van der Waals surface area (Å²) >= 11 is 0. The molecule has 1 aliphatic rings. The maximum atomic E-state index is 13.9. The van der Waals surface area contributed by atoms with Crippen molar-refractivity contribution in [3.05, 3.63) is 76.7 Å². The van der Waals surface area contributed by atoms with Crippen LogP contribution in [0.5, 0.6) is 0 Å². The Morgan fingerprint density at radius 3 is 2.45 bits per heavy atom. The molecular weight excluding hydrogens is 424 g/mol. The SMILES string of the molecule is N#CC(NC(=O)C1CCN(S(=O)(=O)/C=C/c2ccccc2)CC1)c1ccc(F)cc1F. The number of amides is 1. The molecule has 6 nitrogen and oxygen atoms in total. The lowest BCUT2D eigenvalue weighted by molar-refractivity contribution is -0.126. The van der Waals surface area contributed by atoms with Gasteiger partial charge < -0.3 is 5.32 Å². The van der Waals surface area contributed by atoms with Crippen molar-refractivity contribution in [2.24, 2.45) is 5.92 Å². The van der Waals surface area contributed by atoms with Crippen molar-refractivity contribution in [3.63, 3.8) is 0 Å². The van der Waals surface area contributed by atoms with E-state index in [1.165, 1.54) is 10.4 Å². The molecule has 1 N–H and O–H groups in total. The molecule has 31 heavy (non-hydrogen) atoms. The van der Waals surface area contributed by atoms with Crippen LogP contribution in [0.15, 0.2) is 53.9 Å². The molecule has 0 aliphatic carbocycles. The van der Waals surface area contributed by atoms with Crippen LogP contribution < -0.4 is 5.32 Å². The zero-order valence-electron chi connectivity index (χ0n) is 16.5. The molecule has 1 atom stereocenters.